The number of ether oxygens (including phenoxy) is 1. The van der Waals surface area contributed by atoms with Crippen LogP contribution in [0.15, 0.2) is 41.0 Å². The number of hydrogen-bond acceptors (Lipinski definition) is 2. The fourth-order valence-electron chi connectivity index (χ4n) is 2.36. The van der Waals surface area contributed by atoms with E-state index in [2.05, 4.69) is 21.0 Å². The normalized spacial score (nSPS) is 12.6. The lowest BCUT2D eigenvalue weighted by Crippen LogP contribution is -2.04. The Kier molecular flexibility index (Phi) is 4.35. The highest BCUT2D eigenvalue weighted by Gasteiger charge is 2.15. The molecule has 0 saturated heterocycles. The van der Waals surface area contributed by atoms with Crippen molar-refractivity contribution in [2.24, 2.45) is 7.05 Å². The molecule has 0 aliphatic rings. The summed E-state index contributed by atoms with van der Waals surface area (Å²) in [6.45, 7) is 1.95. The highest BCUT2D eigenvalue weighted by Crippen LogP contribution is 2.34. The van der Waals surface area contributed by atoms with E-state index in [4.69, 9.17) is 27.9 Å². The van der Waals surface area contributed by atoms with Crippen molar-refractivity contribution in [2.45, 2.75) is 13.0 Å². The summed E-state index contributed by atoms with van der Waals surface area (Å²) < 4.78 is 8.80. The Labute approximate surface area is 146 Å². The standard InChI is InChI=1S/C16H13BrCl2N2O/c1-9(13-4-3-12(18)7-14(13)19)22-15-6-11(17)5-10-8-21(2)20-16(10)15/h3-9H,1-2H3/t9-/m1/s1. The van der Waals surface area contributed by atoms with Crippen molar-refractivity contribution in [2.75, 3.05) is 0 Å². The number of hydrogen-bond donors (Lipinski definition) is 0. The van der Waals surface area contributed by atoms with E-state index in [1.165, 1.54) is 0 Å². The van der Waals surface area contributed by atoms with E-state index in [-0.39, 0.29) is 6.10 Å². The molecule has 3 nitrogen and oxygen atoms in total. The maximum Gasteiger partial charge on any atom is 0.149 e. The van der Waals surface area contributed by atoms with Crippen LogP contribution < -0.4 is 4.74 Å². The van der Waals surface area contributed by atoms with Gasteiger partial charge in [0.05, 0.1) is 0 Å². The molecule has 2 aromatic carbocycles. The average Bonchev–Trinajstić information content (AvgIpc) is 2.78. The van der Waals surface area contributed by atoms with Crippen LogP contribution in [-0.2, 0) is 7.05 Å². The van der Waals surface area contributed by atoms with Crippen molar-refractivity contribution in [3.63, 3.8) is 0 Å². The molecule has 0 unspecified atom stereocenters. The first-order chi connectivity index (χ1) is 10.4. The molecule has 0 spiro atoms. The van der Waals surface area contributed by atoms with Gasteiger partial charge in [-0.3, -0.25) is 4.68 Å². The predicted molar refractivity (Wildman–Crippen MR) is 93.9 cm³/mol. The van der Waals surface area contributed by atoms with E-state index in [1.807, 2.05) is 38.4 Å². The van der Waals surface area contributed by atoms with Crippen LogP contribution in [0, 0.1) is 0 Å². The van der Waals surface area contributed by atoms with E-state index in [0.717, 1.165) is 20.9 Å². The Morgan fingerprint density at radius 1 is 1.23 bits per heavy atom. The molecule has 3 aromatic rings. The Morgan fingerprint density at radius 3 is 2.73 bits per heavy atom. The lowest BCUT2D eigenvalue weighted by atomic mass is 10.1. The molecule has 6 heteroatoms. The van der Waals surface area contributed by atoms with Gasteiger partial charge in [0.15, 0.2) is 0 Å². The first kappa shape index (κ1) is 15.7. The number of rotatable bonds is 3. The third kappa shape index (κ3) is 3.09. The van der Waals surface area contributed by atoms with Crippen LogP contribution in [0.3, 0.4) is 0 Å². The minimum atomic E-state index is -0.218. The van der Waals surface area contributed by atoms with Crippen molar-refractivity contribution in [1.82, 2.24) is 9.78 Å². The summed E-state index contributed by atoms with van der Waals surface area (Å²) in [6.07, 6.45) is 1.73. The molecule has 0 aliphatic carbocycles. The topological polar surface area (TPSA) is 27.1 Å². The second-order valence-corrected chi connectivity index (χ2v) is 6.83. The molecule has 1 aromatic heterocycles. The second-order valence-electron chi connectivity index (χ2n) is 5.07. The molecule has 22 heavy (non-hydrogen) atoms. The largest absolute Gasteiger partial charge is 0.484 e. The number of halogens is 3. The average molecular weight is 400 g/mol. The van der Waals surface area contributed by atoms with E-state index < -0.39 is 0 Å². The van der Waals surface area contributed by atoms with Crippen molar-refractivity contribution in [1.29, 1.82) is 0 Å². The minimum Gasteiger partial charge on any atom is -0.484 e. The molecular formula is C16H13BrCl2N2O. The number of aromatic nitrogens is 2. The van der Waals surface area contributed by atoms with Gasteiger partial charge in [-0.15, -0.1) is 0 Å². The van der Waals surface area contributed by atoms with E-state index >= 15 is 0 Å². The third-order valence-corrected chi connectivity index (χ3v) is 4.38. The van der Waals surface area contributed by atoms with Crippen LogP contribution >= 0.6 is 39.1 Å². The summed E-state index contributed by atoms with van der Waals surface area (Å²) in [5.41, 5.74) is 1.71. The predicted octanol–water partition coefficient (Wildman–Crippen LogP) is 5.78. The zero-order chi connectivity index (χ0) is 15.9. The number of fused-ring (bicyclic) bond motifs is 1. The zero-order valence-electron chi connectivity index (χ0n) is 12.0. The second kappa shape index (κ2) is 6.11. The van der Waals surface area contributed by atoms with Crippen LogP contribution in [0.1, 0.15) is 18.6 Å². The molecule has 1 atom stereocenters. The van der Waals surface area contributed by atoms with Crippen LogP contribution in [-0.4, -0.2) is 9.78 Å². The van der Waals surface area contributed by atoms with Crippen molar-refractivity contribution in [3.05, 3.63) is 56.6 Å². The smallest absolute Gasteiger partial charge is 0.149 e. The molecule has 0 bridgehead atoms. The molecule has 0 aliphatic heterocycles. The van der Waals surface area contributed by atoms with Gasteiger partial charge in [-0.2, -0.15) is 5.10 Å². The quantitative estimate of drug-likeness (QED) is 0.557. The first-order valence-corrected chi connectivity index (χ1v) is 8.23. The summed E-state index contributed by atoms with van der Waals surface area (Å²) >= 11 is 15.7. The van der Waals surface area contributed by atoms with Gasteiger partial charge in [-0.25, -0.2) is 0 Å². The number of aryl methyl sites for hydroxylation is 1. The van der Waals surface area contributed by atoms with E-state index in [1.54, 1.807) is 16.8 Å². The summed E-state index contributed by atoms with van der Waals surface area (Å²) in [4.78, 5) is 0. The highest BCUT2D eigenvalue weighted by molar-refractivity contribution is 9.10. The molecule has 0 fully saturated rings. The van der Waals surface area contributed by atoms with Gasteiger partial charge >= 0.3 is 0 Å². The van der Waals surface area contributed by atoms with Crippen LogP contribution in [0.25, 0.3) is 10.9 Å². The molecule has 0 N–H and O–H groups in total. The van der Waals surface area contributed by atoms with Gasteiger partial charge in [0, 0.05) is 38.7 Å². The van der Waals surface area contributed by atoms with Crippen molar-refractivity contribution >= 4 is 50.0 Å². The summed E-state index contributed by atoms with van der Waals surface area (Å²) in [5, 5.41) is 6.67. The Bertz CT molecular complexity index is 848. The Morgan fingerprint density at radius 2 is 2.00 bits per heavy atom. The fraction of sp³-hybridized carbons (Fsp3) is 0.188. The van der Waals surface area contributed by atoms with Gasteiger partial charge in [0.2, 0.25) is 0 Å². The Balaban J connectivity index is 1.98. The lowest BCUT2D eigenvalue weighted by molar-refractivity contribution is 0.229. The molecule has 0 saturated carbocycles. The number of benzene rings is 2. The lowest BCUT2D eigenvalue weighted by Gasteiger charge is -2.17. The van der Waals surface area contributed by atoms with Crippen LogP contribution in [0.2, 0.25) is 10.0 Å². The monoisotopic (exact) mass is 398 g/mol. The van der Waals surface area contributed by atoms with Gasteiger partial charge in [0.1, 0.15) is 17.4 Å². The molecule has 114 valence electrons. The zero-order valence-corrected chi connectivity index (χ0v) is 15.1. The molecule has 0 amide bonds. The minimum absolute atomic E-state index is 0.218. The first-order valence-electron chi connectivity index (χ1n) is 6.68. The molecule has 1 heterocycles. The number of nitrogens with zero attached hydrogens (tertiary/aromatic N) is 2. The van der Waals surface area contributed by atoms with Gasteiger partial charge < -0.3 is 4.74 Å². The fourth-order valence-corrected chi connectivity index (χ4v) is 3.38. The molecule has 0 radical (unpaired) electrons. The van der Waals surface area contributed by atoms with E-state index in [9.17, 15) is 0 Å². The maximum atomic E-state index is 6.25. The molecular weight excluding hydrogens is 387 g/mol. The maximum absolute atomic E-state index is 6.25. The van der Waals surface area contributed by atoms with Gasteiger partial charge in [-0.1, -0.05) is 45.2 Å². The summed E-state index contributed by atoms with van der Waals surface area (Å²) in [5.74, 6) is 0.712. The summed E-state index contributed by atoms with van der Waals surface area (Å²) in [6, 6.07) is 9.32. The SMILES string of the molecule is C[C@@H](Oc1cc(Br)cc2cn(C)nc12)c1ccc(Cl)cc1Cl. The molecule has 3 rings (SSSR count). The summed E-state index contributed by atoms with van der Waals surface area (Å²) in [7, 11) is 1.89. The van der Waals surface area contributed by atoms with Gasteiger partial charge in [-0.05, 0) is 31.2 Å². The van der Waals surface area contributed by atoms with Gasteiger partial charge in [0.25, 0.3) is 0 Å². The highest BCUT2D eigenvalue weighted by atomic mass is 79.9. The van der Waals surface area contributed by atoms with Crippen molar-refractivity contribution in [3.8, 4) is 5.75 Å². The Hall–Kier alpha value is -1.23. The van der Waals surface area contributed by atoms with Crippen LogP contribution in [0.5, 0.6) is 5.75 Å². The van der Waals surface area contributed by atoms with Crippen LogP contribution in [0.4, 0.5) is 0 Å². The van der Waals surface area contributed by atoms with E-state index in [0.29, 0.717) is 15.8 Å². The van der Waals surface area contributed by atoms with Crippen molar-refractivity contribution < 1.29 is 4.74 Å². The third-order valence-electron chi connectivity index (χ3n) is 3.36.